The van der Waals surface area contributed by atoms with Crippen molar-refractivity contribution in [2.75, 3.05) is 11.1 Å². The molecule has 4 nitrogen and oxygen atoms in total. The lowest BCUT2D eigenvalue weighted by Crippen LogP contribution is -2.15. The largest absolute Gasteiger partial charge is 0.416 e. The Bertz CT molecular complexity index is 1120. The number of hydrogen-bond acceptors (Lipinski definition) is 5. The van der Waals surface area contributed by atoms with Crippen molar-refractivity contribution in [2.24, 2.45) is 5.92 Å². The number of thiophene rings is 1. The lowest BCUT2D eigenvalue weighted by Gasteiger charge is -2.18. The standard InChI is InChI=1S/C20H17ClF3N3OS2/c1-10-2-4-12-15(6-10)30-19-17(12)18(25-9-26-19)29-8-16(28)27-14-7-11(20(22,23)24)3-5-13(14)21/h3,5,7,9-10H,2,4,6,8H2,1H3,(H,27,28)/t10-/m0/s1. The van der Waals surface area contributed by atoms with E-state index in [0.29, 0.717) is 5.92 Å². The first-order valence-corrected chi connectivity index (χ1v) is 11.4. The summed E-state index contributed by atoms with van der Waals surface area (Å²) in [5.41, 5.74) is 0.329. The Morgan fingerprint density at radius 2 is 2.17 bits per heavy atom. The number of carbonyl (C=O) groups is 1. The van der Waals surface area contributed by atoms with Crippen LogP contribution in [0.4, 0.5) is 18.9 Å². The molecular weight excluding hydrogens is 455 g/mol. The Kier molecular flexibility index (Phi) is 5.96. The monoisotopic (exact) mass is 471 g/mol. The Morgan fingerprint density at radius 1 is 1.37 bits per heavy atom. The minimum absolute atomic E-state index is 0.000287. The summed E-state index contributed by atoms with van der Waals surface area (Å²) in [6.45, 7) is 2.23. The van der Waals surface area contributed by atoms with Gasteiger partial charge in [-0.3, -0.25) is 4.79 Å². The number of alkyl halides is 3. The molecule has 2 heterocycles. The summed E-state index contributed by atoms with van der Waals surface area (Å²) in [7, 11) is 0. The number of hydrogen-bond donors (Lipinski definition) is 1. The van der Waals surface area contributed by atoms with Gasteiger partial charge >= 0.3 is 6.18 Å². The maximum atomic E-state index is 12.9. The summed E-state index contributed by atoms with van der Waals surface area (Å²) in [5.74, 6) is 0.183. The molecule has 0 bridgehead atoms. The Labute approximate surface area is 184 Å². The zero-order valence-electron chi connectivity index (χ0n) is 15.8. The van der Waals surface area contributed by atoms with E-state index in [-0.39, 0.29) is 16.5 Å². The van der Waals surface area contributed by atoms with Gasteiger partial charge in [0.25, 0.3) is 0 Å². The van der Waals surface area contributed by atoms with E-state index in [0.717, 1.165) is 52.7 Å². The number of carbonyl (C=O) groups excluding carboxylic acids is 1. The number of rotatable bonds is 4. The molecule has 1 amide bonds. The van der Waals surface area contributed by atoms with Crippen molar-refractivity contribution < 1.29 is 18.0 Å². The number of aromatic nitrogens is 2. The number of fused-ring (bicyclic) bond motifs is 3. The summed E-state index contributed by atoms with van der Waals surface area (Å²) in [4.78, 5) is 23.4. The summed E-state index contributed by atoms with van der Waals surface area (Å²) in [5, 5.41) is 4.24. The number of nitrogens with zero attached hydrogens (tertiary/aromatic N) is 2. The van der Waals surface area contributed by atoms with Gasteiger partial charge in [0.05, 0.1) is 22.0 Å². The van der Waals surface area contributed by atoms with Crippen molar-refractivity contribution in [1.82, 2.24) is 9.97 Å². The van der Waals surface area contributed by atoms with Crippen molar-refractivity contribution >= 4 is 56.5 Å². The fourth-order valence-corrected chi connectivity index (χ4v) is 5.88. The van der Waals surface area contributed by atoms with Gasteiger partial charge in [-0.1, -0.05) is 30.3 Å². The van der Waals surface area contributed by atoms with E-state index in [9.17, 15) is 18.0 Å². The van der Waals surface area contributed by atoms with Crippen LogP contribution in [-0.4, -0.2) is 21.6 Å². The highest BCUT2D eigenvalue weighted by Gasteiger charge is 2.31. The first-order chi connectivity index (χ1) is 14.2. The van der Waals surface area contributed by atoms with Crippen LogP contribution in [0.2, 0.25) is 5.02 Å². The molecule has 1 N–H and O–H groups in total. The summed E-state index contributed by atoms with van der Waals surface area (Å²) in [6.07, 6.45) is 0.0589. The van der Waals surface area contributed by atoms with Crippen LogP contribution in [0.25, 0.3) is 10.2 Å². The molecule has 0 aliphatic heterocycles. The van der Waals surface area contributed by atoms with Gasteiger partial charge in [-0.25, -0.2) is 9.97 Å². The number of anilines is 1. The average Bonchev–Trinajstić information content (AvgIpc) is 3.05. The normalized spacial score (nSPS) is 16.5. The fourth-order valence-electron chi connectivity index (χ4n) is 3.47. The number of benzene rings is 1. The number of halogens is 4. The molecule has 1 aliphatic carbocycles. The molecule has 1 aromatic carbocycles. The third-order valence-corrected chi connectivity index (χ3v) is 7.45. The molecular formula is C20H17ClF3N3OS2. The SMILES string of the molecule is C[C@H]1CCc2c(sc3ncnc(SCC(=O)Nc4cc(C(F)(F)F)ccc4Cl)c23)C1. The highest BCUT2D eigenvalue weighted by molar-refractivity contribution is 8.00. The zero-order chi connectivity index (χ0) is 21.5. The topological polar surface area (TPSA) is 54.9 Å². The van der Waals surface area contributed by atoms with Gasteiger partial charge in [0, 0.05) is 10.3 Å². The lowest BCUT2D eigenvalue weighted by atomic mass is 9.89. The van der Waals surface area contributed by atoms with Gasteiger partial charge in [-0.2, -0.15) is 13.2 Å². The first-order valence-electron chi connectivity index (χ1n) is 9.27. The predicted octanol–water partition coefficient (Wildman–Crippen LogP) is 6.22. The molecule has 158 valence electrons. The first kappa shape index (κ1) is 21.4. The van der Waals surface area contributed by atoms with E-state index in [4.69, 9.17) is 11.6 Å². The van der Waals surface area contributed by atoms with Crippen LogP contribution in [-0.2, 0) is 23.8 Å². The molecule has 10 heteroatoms. The fraction of sp³-hybridized carbons (Fsp3) is 0.350. The van der Waals surface area contributed by atoms with E-state index < -0.39 is 17.6 Å². The molecule has 1 atom stereocenters. The van der Waals surface area contributed by atoms with E-state index in [1.807, 2.05) is 0 Å². The third kappa shape index (κ3) is 4.43. The molecule has 0 spiro atoms. The van der Waals surface area contributed by atoms with Gasteiger partial charge in [0.15, 0.2) is 0 Å². The van der Waals surface area contributed by atoms with Crippen LogP contribution >= 0.6 is 34.7 Å². The lowest BCUT2D eigenvalue weighted by molar-refractivity contribution is -0.137. The van der Waals surface area contributed by atoms with Gasteiger partial charge in [0.2, 0.25) is 5.91 Å². The van der Waals surface area contributed by atoms with Crippen molar-refractivity contribution in [3.63, 3.8) is 0 Å². The van der Waals surface area contributed by atoms with Crippen molar-refractivity contribution in [3.05, 3.63) is 45.6 Å². The molecule has 0 unspecified atom stereocenters. The quantitative estimate of drug-likeness (QED) is 0.362. The molecule has 3 aromatic rings. The molecule has 0 fully saturated rings. The summed E-state index contributed by atoms with van der Waals surface area (Å²) in [6, 6.07) is 2.84. The summed E-state index contributed by atoms with van der Waals surface area (Å²) >= 11 is 8.87. The Morgan fingerprint density at radius 3 is 2.93 bits per heavy atom. The van der Waals surface area contributed by atoms with Crippen molar-refractivity contribution in [2.45, 2.75) is 37.4 Å². The number of thioether (sulfide) groups is 1. The molecule has 0 saturated carbocycles. The van der Waals surface area contributed by atoms with Crippen LogP contribution in [0, 0.1) is 5.92 Å². The summed E-state index contributed by atoms with van der Waals surface area (Å²) < 4.78 is 38.7. The smallest absolute Gasteiger partial charge is 0.324 e. The second kappa shape index (κ2) is 8.36. The van der Waals surface area contributed by atoms with Crippen molar-refractivity contribution in [3.8, 4) is 0 Å². The van der Waals surface area contributed by atoms with Gasteiger partial charge in [0.1, 0.15) is 16.2 Å². The second-order valence-corrected chi connectivity index (χ2v) is 9.69. The van der Waals surface area contributed by atoms with E-state index >= 15 is 0 Å². The highest BCUT2D eigenvalue weighted by Crippen LogP contribution is 2.40. The third-order valence-electron chi connectivity index (χ3n) is 4.96. The molecule has 0 radical (unpaired) electrons. The minimum atomic E-state index is -4.51. The van der Waals surface area contributed by atoms with Crippen LogP contribution in [0.5, 0.6) is 0 Å². The predicted molar refractivity (Wildman–Crippen MR) is 114 cm³/mol. The van der Waals surface area contributed by atoms with Crippen molar-refractivity contribution in [1.29, 1.82) is 0 Å². The van der Waals surface area contributed by atoms with Gasteiger partial charge < -0.3 is 5.32 Å². The second-order valence-electron chi connectivity index (χ2n) is 7.24. The van der Waals surface area contributed by atoms with Crippen LogP contribution < -0.4 is 5.32 Å². The van der Waals surface area contributed by atoms with E-state index in [1.165, 1.54) is 28.5 Å². The van der Waals surface area contributed by atoms with Gasteiger partial charge in [-0.05, 0) is 48.9 Å². The molecule has 30 heavy (non-hydrogen) atoms. The Hall–Kier alpha value is -1.84. The number of amides is 1. The maximum absolute atomic E-state index is 12.9. The van der Waals surface area contributed by atoms with E-state index in [2.05, 4.69) is 22.2 Å². The zero-order valence-corrected chi connectivity index (χ0v) is 18.2. The maximum Gasteiger partial charge on any atom is 0.416 e. The number of nitrogens with one attached hydrogen (secondary N) is 1. The molecule has 2 aromatic heterocycles. The number of aryl methyl sites for hydroxylation is 1. The molecule has 1 aliphatic rings. The van der Waals surface area contributed by atoms with Gasteiger partial charge in [-0.15, -0.1) is 11.3 Å². The van der Waals surface area contributed by atoms with Crippen LogP contribution in [0.3, 0.4) is 0 Å². The minimum Gasteiger partial charge on any atom is -0.324 e. The van der Waals surface area contributed by atoms with E-state index in [1.54, 1.807) is 11.3 Å². The van der Waals surface area contributed by atoms with Crippen LogP contribution in [0.15, 0.2) is 29.6 Å². The molecule has 0 saturated heterocycles. The van der Waals surface area contributed by atoms with Crippen LogP contribution in [0.1, 0.15) is 29.3 Å². The molecule has 4 rings (SSSR count). The highest BCUT2D eigenvalue weighted by atomic mass is 35.5. The average molecular weight is 472 g/mol. The Balaban J connectivity index is 1.51.